The summed E-state index contributed by atoms with van der Waals surface area (Å²) in [6, 6.07) is 9.73. The van der Waals surface area contributed by atoms with Crippen LogP contribution in [-0.2, 0) is 14.3 Å². The summed E-state index contributed by atoms with van der Waals surface area (Å²) in [6.07, 6.45) is 3.61. The summed E-state index contributed by atoms with van der Waals surface area (Å²) in [7, 11) is 1.58. The number of pyridine rings is 1. The van der Waals surface area contributed by atoms with Crippen molar-refractivity contribution in [3.63, 3.8) is 0 Å². The van der Waals surface area contributed by atoms with E-state index in [1.54, 1.807) is 25.3 Å². The van der Waals surface area contributed by atoms with E-state index in [0.29, 0.717) is 43.1 Å². The molecule has 1 aliphatic rings. The molecule has 0 radical (unpaired) electrons. The Morgan fingerprint density at radius 3 is 2.66 bits per heavy atom. The molecule has 1 unspecified atom stereocenters. The number of aromatic nitrogens is 1. The number of aliphatic hydroxyl groups excluding tert-OH is 1. The van der Waals surface area contributed by atoms with Crippen molar-refractivity contribution in [2.24, 2.45) is 0 Å². The summed E-state index contributed by atoms with van der Waals surface area (Å²) in [6.45, 7) is 3.16. The Morgan fingerprint density at radius 2 is 1.97 bits per heavy atom. The lowest BCUT2D eigenvalue weighted by molar-refractivity contribution is -0.140. The summed E-state index contributed by atoms with van der Waals surface area (Å²) >= 11 is 0. The molecule has 0 bridgehead atoms. The summed E-state index contributed by atoms with van der Waals surface area (Å²) in [5.41, 5.74) is 1.19. The highest BCUT2D eigenvalue weighted by molar-refractivity contribution is 6.46. The summed E-state index contributed by atoms with van der Waals surface area (Å²) in [5, 5.41) is 10.9. The first-order valence-electron chi connectivity index (χ1n) is 9.49. The molecular weight excluding hydrogens is 372 g/mol. The van der Waals surface area contributed by atoms with Gasteiger partial charge in [0, 0.05) is 38.2 Å². The first-order valence-corrected chi connectivity index (χ1v) is 9.49. The number of benzene rings is 1. The minimum absolute atomic E-state index is 0.0623. The van der Waals surface area contributed by atoms with Gasteiger partial charge >= 0.3 is 0 Å². The molecule has 2 heterocycles. The van der Waals surface area contributed by atoms with Gasteiger partial charge in [0.25, 0.3) is 11.7 Å². The van der Waals surface area contributed by atoms with E-state index in [1.807, 2.05) is 25.1 Å². The maximum Gasteiger partial charge on any atom is 0.295 e. The normalized spacial score (nSPS) is 18.3. The van der Waals surface area contributed by atoms with Crippen LogP contribution >= 0.6 is 0 Å². The smallest absolute Gasteiger partial charge is 0.295 e. The number of ether oxygens (including phenoxy) is 2. The Bertz CT molecular complexity index is 910. The molecule has 0 aliphatic carbocycles. The van der Waals surface area contributed by atoms with Gasteiger partial charge in [-0.1, -0.05) is 12.1 Å². The minimum atomic E-state index is -0.708. The number of carbonyl (C=O) groups excluding carboxylic acids is 2. The molecule has 1 aliphatic heterocycles. The molecule has 7 heteroatoms. The van der Waals surface area contributed by atoms with Gasteiger partial charge in [-0.2, -0.15) is 0 Å². The number of aliphatic hydroxyl groups is 1. The zero-order chi connectivity index (χ0) is 20.8. The second-order valence-corrected chi connectivity index (χ2v) is 6.58. The van der Waals surface area contributed by atoms with Crippen LogP contribution in [0.3, 0.4) is 0 Å². The van der Waals surface area contributed by atoms with Crippen LogP contribution in [0, 0.1) is 0 Å². The third kappa shape index (κ3) is 4.30. The number of nitrogens with zero attached hydrogens (tertiary/aromatic N) is 2. The second kappa shape index (κ2) is 9.34. The van der Waals surface area contributed by atoms with E-state index in [9.17, 15) is 14.7 Å². The lowest BCUT2D eigenvalue weighted by Gasteiger charge is -2.25. The molecule has 1 atom stereocenters. The highest BCUT2D eigenvalue weighted by atomic mass is 16.5. The maximum absolute atomic E-state index is 12.9. The number of Topliss-reactive ketones (excluding diaryl/α,β-unsaturated/α-hetero) is 1. The molecule has 29 heavy (non-hydrogen) atoms. The van der Waals surface area contributed by atoms with Crippen molar-refractivity contribution >= 4 is 17.4 Å². The lowest BCUT2D eigenvalue weighted by Crippen LogP contribution is -2.31. The van der Waals surface area contributed by atoms with E-state index in [2.05, 4.69) is 4.98 Å². The van der Waals surface area contributed by atoms with E-state index in [4.69, 9.17) is 9.47 Å². The number of amides is 1. The molecule has 0 spiro atoms. The van der Waals surface area contributed by atoms with Crippen molar-refractivity contribution in [2.75, 3.05) is 26.9 Å². The van der Waals surface area contributed by atoms with Gasteiger partial charge in [-0.25, -0.2) is 0 Å². The fraction of sp³-hybridized carbons (Fsp3) is 0.318. The largest absolute Gasteiger partial charge is 0.507 e. The van der Waals surface area contributed by atoms with Crippen LogP contribution in [0.1, 0.15) is 30.5 Å². The molecule has 1 aromatic carbocycles. The van der Waals surface area contributed by atoms with Crippen molar-refractivity contribution in [2.45, 2.75) is 19.4 Å². The number of hydrogen-bond donors (Lipinski definition) is 1. The molecular formula is C22H24N2O5. The van der Waals surface area contributed by atoms with E-state index >= 15 is 0 Å². The minimum Gasteiger partial charge on any atom is -0.507 e. The molecule has 2 aromatic rings. The van der Waals surface area contributed by atoms with Crippen molar-refractivity contribution in [3.8, 4) is 5.75 Å². The Morgan fingerprint density at radius 1 is 1.21 bits per heavy atom. The van der Waals surface area contributed by atoms with E-state index in [-0.39, 0.29) is 11.3 Å². The monoisotopic (exact) mass is 396 g/mol. The van der Waals surface area contributed by atoms with Gasteiger partial charge in [-0.15, -0.1) is 0 Å². The van der Waals surface area contributed by atoms with Crippen LogP contribution in [0.4, 0.5) is 0 Å². The van der Waals surface area contributed by atoms with Crippen molar-refractivity contribution in [3.05, 3.63) is 65.5 Å². The summed E-state index contributed by atoms with van der Waals surface area (Å²) in [5.74, 6) is -0.921. The summed E-state index contributed by atoms with van der Waals surface area (Å²) < 4.78 is 10.7. The van der Waals surface area contributed by atoms with Crippen LogP contribution in [-0.4, -0.2) is 53.5 Å². The van der Waals surface area contributed by atoms with Gasteiger partial charge in [-0.3, -0.25) is 14.6 Å². The van der Waals surface area contributed by atoms with Crippen LogP contribution < -0.4 is 4.74 Å². The Kier molecular flexibility index (Phi) is 6.61. The maximum atomic E-state index is 12.9. The first-order chi connectivity index (χ1) is 14.1. The first kappa shape index (κ1) is 20.5. The summed E-state index contributed by atoms with van der Waals surface area (Å²) in [4.78, 5) is 31.1. The molecule has 1 saturated heterocycles. The molecule has 7 nitrogen and oxygen atoms in total. The molecule has 1 fully saturated rings. The third-order valence-electron chi connectivity index (χ3n) is 4.73. The molecule has 1 amide bonds. The van der Waals surface area contributed by atoms with Crippen LogP contribution in [0.2, 0.25) is 0 Å². The van der Waals surface area contributed by atoms with Gasteiger partial charge in [0.15, 0.2) is 0 Å². The molecule has 152 valence electrons. The number of rotatable bonds is 8. The highest BCUT2D eigenvalue weighted by Gasteiger charge is 2.45. The predicted octanol–water partition coefficient (Wildman–Crippen LogP) is 2.94. The van der Waals surface area contributed by atoms with Crippen LogP contribution in [0.5, 0.6) is 5.75 Å². The van der Waals surface area contributed by atoms with E-state index < -0.39 is 17.7 Å². The van der Waals surface area contributed by atoms with Crippen molar-refractivity contribution in [1.29, 1.82) is 0 Å². The van der Waals surface area contributed by atoms with Crippen molar-refractivity contribution < 1.29 is 24.2 Å². The van der Waals surface area contributed by atoms with Gasteiger partial charge in [0.1, 0.15) is 11.5 Å². The third-order valence-corrected chi connectivity index (χ3v) is 4.73. The second-order valence-electron chi connectivity index (χ2n) is 6.58. The Balaban J connectivity index is 2.11. The van der Waals surface area contributed by atoms with Gasteiger partial charge in [0.2, 0.25) is 0 Å². The average molecular weight is 396 g/mol. The zero-order valence-electron chi connectivity index (χ0n) is 16.5. The van der Waals surface area contributed by atoms with Gasteiger partial charge in [-0.05, 0) is 43.2 Å². The number of hydrogen-bond acceptors (Lipinski definition) is 6. The quantitative estimate of drug-likeness (QED) is 0.319. The molecule has 3 rings (SSSR count). The molecule has 0 saturated carbocycles. The standard InChI is InChI=1S/C22H24N2O5/c1-3-29-17-7-4-6-16(14-17)19-18(20(25)15-8-10-23-11-9-15)21(26)22(27)24(19)12-5-13-28-2/h4,6-11,14,19,25H,3,5,12-13H2,1-2H3. The lowest BCUT2D eigenvalue weighted by atomic mass is 9.95. The number of ketones is 1. The average Bonchev–Trinajstić information content (AvgIpc) is 2.99. The number of likely N-dealkylation sites (tertiary alicyclic amines) is 1. The fourth-order valence-electron chi connectivity index (χ4n) is 3.44. The number of carbonyl (C=O) groups is 2. The van der Waals surface area contributed by atoms with Gasteiger partial charge < -0.3 is 19.5 Å². The van der Waals surface area contributed by atoms with Crippen LogP contribution in [0.15, 0.2) is 54.4 Å². The van der Waals surface area contributed by atoms with Gasteiger partial charge in [0.05, 0.1) is 18.2 Å². The SMILES string of the molecule is CCOc1cccc(C2C(=C(O)c3ccncc3)C(=O)C(=O)N2CCCOC)c1. The molecule has 1 N–H and O–H groups in total. The predicted molar refractivity (Wildman–Crippen MR) is 107 cm³/mol. The van der Waals surface area contributed by atoms with E-state index in [1.165, 1.54) is 17.3 Å². The Labute approximate surface area is 169 Å². The zero-order valence-corrected chi connectivity index (χ0v) is 16.5. The fourth-order valence-corrected chi connectivity index (χ4v) is 3.44. The highest BCUT2D eigenvalue weighted by Crippen LogP contribution is 2.40. The van der Waals surface area contributed by atoms with Crippen molar-refractivity contribution in [1.82, 2.24) is 9.88 Å². The van der Waals surface area contributed by atoms with Crippen LogP contribution in [0.25, 0.3) is 5.76 Å². The molecule has 1 aromatic heterocycles. The number of methoxy groups -OCH3 is 1. The van der Waals surface area contributed by atoms with E-state index in [0.717, 1.165) is 0 Å². The Hall–Kier alpha value is -3.19. The topological polar surface area (TPSA) is 89.0 Å².